The molecule has 4 rings (SSSR count). The molecule has 1 atom stereocenters. The number of carbonyl (C=O) groups is 3. The molecule has 1 fully saturated rings. The van der Waals surface area contributed by atoms with E-state index in [1.165, 1.54) is 25.0 Å². The Morgan fingerprint density at radius 3 is 2.31 bits per heavy atom. The molecule has 0 saturated carbocycles. The highest BCUT2D eigenvalue weighted by molar-refractivity contribution is 5.96. The van der Waals surface area contributed by atoms with Crippen LogP contribution >= 0.6 is 0 Å². The molecular formula is C27H25N3O6. The second-order valence-electron chi connectivity index (χ2n) is 8.16. The van der Waals surface area contributed by atoms with Gasteiger partial charge in [0, 0.05) is 12.6 Å². The van der Waals surface area contributed by atoms with Crippen molar-refractivity contribution in [3.8, 4) is 11.1 Å². The Labute approximate surface area is 207 Å². The number of ether oxygens (including phenoxy) is 2. The molecule has 0 spiro atoms. The van der Waals surface area contributed by atoms with Crippen LogP contribution in [0.25, 0.3) is 11.1 Å². The molecule has 3 aromatic rings. The number of nitrogens with zero attached hydrogens (tertiary/aromatic N) is 1. The molecule has 1 saturated heterocycles. The maximum atomic E-state index is 12.7. The Morgan fingerprint density at radius 1 is 0.944 bits per heavy atom. The van der Waals surface area contributed by atoms with Crippen LogP contribution < -0.4 is 21.0 Å². The average Bonchev–Trinajstić information content (AvgIpc) is 3.16. The number of esters is 1. The number of methoxy groups -OCH3 is 1. The van der Waals surface area contributed by atoms with Gasteiger partial charge < -0.3 is 20.1 Å². The van der Waals surface area contributed by atoms with E-state index in [4.69, 9.17) is 9.47 Å². The van der Waals surface area contributed by atoms with Gasteiger partial charge in [0.15, 0.2) is 0 Å². The van der Waals surface area contributed by atoms with Gasteiger partial charge in [-0.2, -0.15) is 0 Å². The number of para-hydroxylation sites is 1. The summed E-state index contributed by atoms with van der Waals surface area (Å²) in [5.41, 5.74) is 3.15. The lowest BCUT2D eigenvalue weighted by Crippen LogP contribution is -2.33. The molecule has 36 heavy (non-hydrogen) atoms. The quantitative estimate of drug-likeness (QED) is 0.489. The maximum absolute atomic E-state index is 12.7. The van der Waals surface area contributed by atoms with Crippen molar-refractivity contribution in [2.24, 2.45) is 0 Å². The molecule has 0 bridgehead atoms. The summed E-state index contributed by atoms with van der Waals surface area (Å²) in [6.07, 6.45) is -0.886. The number of benzene rings is 2. The van der Waals surface area contributed by atoms with Gasteiger partial charge in [-0.1, -0.05) is 36.4 Å². The summed E-state index contributed by atoms with van der Waals surface area (Å²) in [6.45, 7) is 2.00. The summed E-state index contributed by atoms with van der Waals surface area (Å²) >= 11 is 0. The van der Waals surface area contributed by atoms with Crippen molar-refractivity contribution < 1.29 is 23.9 Å². The second kappa shape index (κ2) is 10.7. The Bertz CT molecular complexity index is 1360. The lowest BCUT2D eigenvalue weighted by Gasteiger charge is -2.13. The topological polar surface area (TPSA) is 114 Å². The predicted octanol–water partition coefficient (Wildman–Crippen LogP) is 3.71. The molecule has 2 N–H and O–H groups in total. The number of rotatable bonds is 7. The minimum absolute atomic E-state index is 0.183. The van der Waals surface area contributed by atoms with E-state index in [1.54, 1.807) is 54.6 Å². The number of carbonyl (C=O) groups excluding carboxylic acids is 3. The van der Waals surface area contributed by atoms with Gasteiger partial charge in [0.05, 0.1) is 37.1 Å². The van der Waals surface area contributed by atoms with Crippen LogP contribution in [0.15, 0.2) is 77.6 Å². The summed E-state index contributed by atoms with van der Waals surface area (Å²) in [5, 5.41) is 5.68. The number of cyclic esters (lactones) is 1. The van der Waals surface area contributed by atoms with E-state index in [1.807, 2.05) is 12.1 Å². The van der Waals surface area contributed by atoms with Crippen LogP contribution in [-0.4, -0.2) is 44.3 Å². The molecular weight excluding hydrogens is 462 g/mol. The molecule has 1 aliphatic heterocycles. The number of amides is 2. The zero-order valence-electron chi connectivity index (χ0n) is 19.8. The maximum Gasteiger partial charge on any atom is 0.414 e. The van der Waals surface area contributed by atoms with Crippen molar-refractivity contribution >= 4 is 35.0 Å². The smallest absolute Gasteiger partial charge is 0.414 e. The van der Waals surface area contributed by atoms with Gasteiger partial charge in [0.25, 0.3) is 0 Å². The van der Waals surface area contributed by atoms with Gasteiger partial charge in [-0.05, 0) is 47.5 Å². The highest BCUT2D eigenvalue weighted by Crippen LogP contribution is 2.26. The Morgan fingerprint density at radius 2 is 1.61 bits per heavy atom. The van der Waals surface area contributed by atoms with Gasteiger partial charge in [-0.3, -0.25) is 14.5 Å². The van der Waals surface area contributed by atoms with Gasteiger partial charge in [0.2, 0.25) is 11.3 Å². The fraction of sp³-hybridized carbons (Fsp3) is 0.185. The minimum atomic E-state index is -0.505. The fourth-order valence-corrected chi connectivity index (χ4v) is 3.82. The zero-order chi connectivity index (χ0) is 25.7. The monoisotopic (exact) mass is 487 g/mol. The first-order valence-electron chi connectivity index (χ1n) is 11.3. The van der Waals surface area contributed by atoms with Crippen LogP contribution in [0.2, 0.25) is 0 Å². The molecule has 3 aromatic carbocycles. The third-order valence-corrected chi connectivity index (χ3v) is 5.68. The molecule has 0 aromatic heterocycles. The van der Waals surface area contributed by atoms with Crippen LogP contribution in [0.5, 0.6) is 0 Å². The van der Waals surface area contributed by atoms with Crippen molar-refractivity contribution in [3.05, 3.63) is 88.6 Å². The highest BCUT2D eigenvalue weighted by Gasteiger charge is 2.32. The largest absolute Gasteiger partial charge is 0.465 e. The van der Waals surface area contributed by atoms with Crippen molar-refractivity contribution in [1.82, 2.24) is 5.32 Å². The zero-order valence-corrected chi connectivity index (χ0v) is 19.8. The fourth-order valence-electron chi connectivity index (χ4n) is 3.82. The van der Waals surface area contributed by atoms with E-state index in [0.29, 0.717) is 29.2 Å². The van der Waals surface area contributed by atoms with E-state index in [0.717, 1.165) is 11.1 Å². The lowest BCUT2D eigenvalue weighted by molar-refractivity contribution is -0.119. The number of nitrogens with one attached hydrogen (secondary N) is 2. The molecule has 9 heteroatoms. The van der Waals surface area contributed by atoms with Gasteiger partial charge in [0.1, 0.15) is 6.10 Å². The van der Waals surface area contributed by atoms with Crippen molar-refractivity contribution in [3.63, 3.8) is 0 Å². The third-order valence-electron chi connectivity index (χ3n) is 5.68. The molecule has 1 unspecified atom stereocenters. The molecule has 2 amide bonds. The molecule has 1 heterocycles. The summed E-state index contributed by atoms with van der Waals surface area (Å²) in [7, 11) is 1.30. The normalized spacial score (nSPS) is 14.7. The van der Waals surface area contributed by atoms with E-state index >= 15 is 0 Å². The van der Waals surface area contributed by atoms with Crippen molar-refractivity contribution in [2.45, 2.75) is 13.0 Å². The van der Waals surface area contributed by atoms with Crippen LogP contribution in [-0.2, 0) is 14.3 Å². The van der Waals surface area contributed by atoms with Gasteiger partial charge >= 0.3 is 12.1 Å². The molecule has 1 aliphatic rings. The van der Waals surface area contributed by atoms with E-state index in [2.05, 4.69) is 10.6 Å². The molecule has 9 nitrogen and oxygen atoms in total. The van der Waals surface area contributed by atoms with Crippen LogP contribution in [0.4, 0.5) is 21.9 Å². The number of hydrogen-bond acceptors (Lipinski definition) is 7. The first kappa shape index (κ1) is 24.5. The average molecular weight is 488 g/mol. The minimum Gasteiger partial charge on any atom is -0.465 e. The first-order chi connectivity index (χ1) is 17.4. The Hall–Kier alpha value is -4.66. The summed E-state index contributed by atoms with van der Waals surface area (Å²) < 4.78 is 10.1. The van der Waals surface area contributed by atoms with Crippen LogP contribution in [0, 0.1) is 0 Å². The molecule has 0 aliphatic carbocycles. The number of hydrogen-bond donors (Lipinski definition) is 2. The summed E-state index contributed by atoms with van der Waals surface area (Å²) in [6, 6.07) is 20.7. The summed E-state index contributed by atoms with van der Waals surface area (Å²) in [4.78, 5) is 49.6. The second-order valence-corrected chi connectivity index (χ2v) is 8.16. The van der Waals surface area contributed by atoms with Gasteiger partial charge in [-0.15, -0.1) is 0 Å². The van der Waals surface area contributed by atoms with Crippen molar-refractivity contribution in [2.75, 3.05) is 30.4 Å². The SMILES string of the molecule is COC(=O)c1ccccc1Nc1ccc(-c2ccc(N3CC(CNC(C)=O)OC3=O)cc2)ccc1=O. The predicted molar refractivity (Wildman–Crippen MR) is 136 cm³/mol. The van der Waals surface area contributed by atoms with Crippen LogP contribution in [0.3, 0.4) is 0 Å². The van der Waals surface area contributed by atoms with E-state index < -0.39 is 18.2 Å². The van der Waals surface area contributed by atoms with Crippen molar-refractivity contribution in [1.29, 1.82) is 0 Å². The Kier molecular flexibility index (Phi) is 7.29. The van der Waals surface area contributed by atoms with E-state index in [-0.39, 0.29) is 17.9 Å². The molecule has 0 radical (unpaired) electrons. The highest BCUT2D eigenvalue weighted by atomic mass is 16.6. The lowest BCUT2D eigenvalue weighted by atomic mass is 10.1. The Balaban J connectivity index is 1.52. The first-order valence-corrected chi connectivity index (χ1v) is 11.3. The van der Waals surface area contributed by atoms with Gasteiger partial charge in [-0.25, -0.2) is 9.59 Å². The van der Waals surface area contributed by atoms with E-state index in [9.17, 15) is 19.2 Å². The molecule has 184 valence electrons. The standard InChI is InChI=1S/C27H25N3O6/c1-17(31)28-15-21-16-30(27(34)36-21)20-11-7-18(8-12-20)19-9-13-24(25(32)14-10-19)29-23-6-4-3-5-22(23)26(33)35-2/h3-14,21H,15-16H2,1-2H3,(H,28,31)(H,29,32). The summed E-state index contributed by atoms with van der Waals surface area (Å²) in [5.74, 6) is -0.688. The number of anilines is 3. The third kappa shape index (κ3) is 5.52. The van der Waals surface area contributed by atoms with Crippen LogP contribution in [0.1, 0.15) is 17.3 Å².